The number of rotatable bonds is 4. The summed E-state index contributed by atoms with van der Waals surface area (Å²) in [6.07, 6.45) is 7.67. The summed E-state index contributed by atoms with van der Waals surface area (Å²) >= 11 is 4.98. The fraction of sp³-hybridized carbons (Fsp3) is 0.875. The molecule has 118 valence electrons. The van der Waals surface area contributed by atoms with Crippen LogP contribution in [-0.2, 0) is 0 Å². The lowest BCUT2D eigenvalue weighted by molar-refractivity contribution is -0.0158. The molecule has 21 heavy (non-hydrogen) atoms. The van der Waals surface area contributed by atoms with Gasteiger partial charge in [-0.15, -0.1) is 0 Å². The number of hydrogen-bond acceptors (Lipinski definition) is 2. The van der Waals surface area contributed by atoms with Gasteiger partial charge in [-0.1, -0.05) is 12.2 Å². The van der Waals surface area contributed by atoms with Crippen LogP contribution in [-0.4, -0.2) is 34.0 Å². The van der Waals surface area contributed by atoms with Crippen molar-refractivity contribution in [1.29, 1.82) is 0 Å². The number of urea groups is 1. The minimum absolute atomic E-state index is 0.0137. The minimum atomic E-state index is 0.0137. The van der Waals surface area contributed by atoms with Gasteiger partial charge < -0.3 is 16.0 Å². The van der Waals surface area contributed by atoms with Crippen LogP contribution in [0, 0.1) is 17.8 Å². The van der Waals surface area contributed by atoms with Gasteiger partial charge in [0.25, 0.3) is 0 Å². The normalized spacial score (nSPS) is 36.8. The van der Waals surface area contributed by atoms with E-state index in [0.29, 0.717) is 11.5 Å². The van der Waals surface area contributed by atoms with Gasteiger partial charge in [-0.25, -0.2) is 4.79 Å². The maximum atomic E-state index is 12.7. The second kappa shape index (κ2) is 5.41. The molecule has 4 bridgehead atoms. The molecule has 0 heterocycles. The number of thiocarbonyl (C=S) groups is 1. The highest BCUT2D eigenvalue weighted by molar-refractivity contribution is 7.80. The molecule has 4 aliphatic carbocycles. The second-order valence-electron chi connectivity index (χ2n) is 7.82. The number of carbonyl (C=O) groups is 1. The topological polar surface area (TPSA) is 58.4 Å². The quantitative estimate of drug-likeness (QED) is 0.785. The number of carbonyl (C=O) groups excluding carboxylic acids is 1. The van der Waals surface area contributed by atoms with Gasteiger partial charge in [0.2, 0.25) is 0 Å². The molecule has 0 aromatic rings. The predicted molar refractivity (Wildman–Crippen MR) is 88.1 cm³/mol. The van der Waals surface area contributed by atoms with E-state index in [1.54, 1.807) is 4.90 Å². The van der Waals surface area contributed by atoms with Crippen molar-refractivity contribution < 1.29 is 4.79 Å². The van der Waals surface area contributed by atoms with Gasteiger partial charge in [-0.3, -0.25) is 0 Å². The van der Waals surface area contributed by atoms with Crippen molar-refractivity contribution in [2.45, 2.75) is 64.0 Å². The third-order valence-electron chi connectivity index (χ3n) is 5.62. The molecule has 4 rings (SSSR count). The predicted octanol–water partition coefficient (Wildman–Crippen LogP) is 2.66. The van der Waals surface area contributed by atoms with E-state index < -0.39 is 0 Å². The van der Waals surface area contributed by atoms with E-state index in [9.17, 15) is 4.79 Å². The molecule has 0 atom stereocenters. The lowest BCUT2D eigenvalue weighted by atomic mass is 9.53. The van der Waals surface area contributed by atoms with Crippen LogP contribution >= 0.6 is 12.2 Å². The average Bonchev–Trinajstić information content (AvgIpc) is 2.32. The van der Waals surface area contributed by atoms with Crippen LogP contribution in [0.15, 0.2) is 0 Å². The summed E-state index contributed by atoms with van der Waals surface area (Å²) in [5, 5.41) is 3.38. The summed E-state index contributed by atoms with van der Waals surface area (Å²) in [6, 6.07) is 0.125. The van der Waals surface area contributed by atoms with Gasteiger partial charge in [-0.2, -0.15) is 0 Å². The summed E-state index contributed by atoms with van der Waals surface area (Å²) < 4.78 is 0. The maximum Gasteiger partial charge on any atom is 0.318 e. The monoisotopic (exact) mass is 309 g/mol. The molecule has 4 aliphatic rings. The summed E-state index contributed by atoms with van der Waals surface area (Å²) in [5.74, 6) is 2.50. The fourth-order valence-corrected chi connectivity index (χ4v) is 5.36. The van der Waals surface area contributed by atoms with Crippen LogP contribution in [0.25, 0.3) is 0 Å². The van der Waals surface area contributed by atoms with E-state index in [1.807, 2.05) is 13.8 Å². The lowest BCUT2D eigenvalue weighted by Gasteiger charge is -2.57. The average molecular weight is 309 g/mol. The van der Waals surface area contributed by atoms with Crippen molar-refractivity contribution in [3.63, 3.8) is 0 Å². The lowest BCUT2D eigenvalue weighted by Crippen LogP contribution is -2.62. The van der Waals surface area contributed by atoms with E-state index in [4.69, 9.17) is 18.0 Å². The standard InChI is InChI=1S/C16H27N3OS/c1-10(2)19(9-14(17)21)15(20)18-16-6-11-3-12(7-16)5-13(4-11)8-16/h10-13H,3-9H2,1-2H3,(H2,17,21)(H,18,20). The number of nitrogens with zero attached hydrogens (tertiary/aromatic N) is 1. The largest absolute Gasteiger partial charge is 0.392 e. The van der Waals surface area contributed by atoms with Gasteiger partial charge in [0.1, 0.15) is 0 Å². The molecule has 4 fully saturated rings. The summed E-state index contributed by atoms with van der Waals surface area (Å²) in [4.78, 5) is 14.8. The highest BCUT2D eigenvalue weighted by Crippen LogP contribution is 2.55. The van der Waals surface area contributed by atoms with Gasteiger partial charge in [0.05, 0.1) is 11.5 Å². The van der Waals surface area contributed by atoms with Crippen LogP contribution in [0.1, 0.15) is 52.4 Å². The maximum absolute atomic E-state index is 12.7. The highest BCUT2D eigenvalue weighted by atomic mass is 32.1. The zero-order valence-electron chi connectivity index (χ0n) is 13.1. The SMILES string of the molecule is CC(C)N(CC(N)=S)C(=O)NC12CC3CC(CC(C3)C1)C2. The number of nitrogens with one attached hydrogen (secondary N) is 1. The van der Waals surface area contributed by atoms with E-state index >= 15 is 0 Å². The van der Waals surface area contributed by atoms with E-state index in [-0.39, 0.29) is 17.6 Å². The molecule has 0 saturated heterocycles. The number of amides is 2. The van der Waals surface area contributed by atoms with Crippen LogP contribution in [0.5, 0.6) is 0 Å². The van der Waals surface area contributed by atoms with E-state index in [1.165, 1.54) is 38.5 Å². The molecular weight excluding hydrogens is 282 g/mol. The Morgan fingerprint density at radius 3 is 2.10 bits per heavy atom. The molecule has 4 nitrogen and oxygen atoms in total. The third kappa shape index (κ3) is 3.03. The van der Waals surface area contributed by atoms with Crippen molar-refractivity contribution >= 4 is 23.2 Å². The molecule has 3 N–H and O–H groups in total. The Hall–Kier alpha value is -0.840. The molecule has 0 unspecified atom stereocenters. The first-order valence-corrected chi connectivity index (χ1v) is 8.65. The van der Waals surface area contributed by atoms with Crippen LogP contribution in [0.2, 0.25) is 0 Å². The number of nitrogens with two attached hydrogens (primary N) is 1. The summed E-state index contributed by atoms with van der Waals surface area (Å²) in [6.45, 7) is 4.39. The van der Waals surface area contributed by atoms with Gasteiger partial charge in [-0.05, 0) is 70.1 Å². The van der Waals surface area contributed by atoms with E-state index in [0.717, 1.165) is 17.8 Å². The molecule has 4 saturated carbocycles. The molecule has 0 spiro atoms. The van der Waals surface area contributed by atoms with E-state index in [2.05, 4.69) is 5.32 Å². The highest BCUT2D eigenvalue weighted by Gasteiger charge is 2.51. The van der Waals surface area contributed by atoms with Crippen LogP contribution < -0.4 is 11.1 Å². The molecule has 0 aromatic carbocycles. The van der Waals surface area contributed by atoms with Crippen molar-refractivity contribution in [2.75, 3.05) is 6.54 Å². The Balaban J connectivity index is 1.70. The first-order chi connectivity index (χ1) is 9.87. The molecule has 5 heteroatoms. The molecule has 0 aromatic heterocycles. The van der Waals surface area contributed by atoms with Crippen molar-refractivity contribution in [3.05, 3.63) is 0 Å². The molecule has 0 radical (unpaired) electrons. The smallest absolute Gasteiger partial charge is 0.318 e. The first kappa shape index (κ1) is 15.1. The Morgan fingerprint density at radius 1 is 1.24 bits per heavy atom. The minimum Gasteiger partial charge on any atom is -0.392 e. The molecule has 0 aliphatic heterocycles. The van der Waals surface area contributed by atoms with Gasteiger partial charge in [0, 0.05) is 11.6 Å². The first-order valence-electron chi connectivity index (χ1n) is 8.24. The molecule has 2 amide bonds. The van der Waals surface area contributed by atoms with Crippen LogP contribution in [0.3, 0.4) is 0 Å². The molecular formula is C16H27N3OS. The van der Waals surface area contributed by atoms with Crippen molar-refractivity contribution in [3.8, 4) is 0 Å². The third-order valence-corrected chi connectivity index (χ3v) is 5.75. The van der Waals surface area contributed by atoms with Crippen molar-refractivity contribution in [2.24, 2.45) is 23.5 Å². The Morgan fingerprint density at radius 2 is 1.71 bits per heavy atom. The Labute approximate surface area is 132 Å². The fourth-order valence-electron chi connectivity index (χ4n) is 5.22. The van der Waals surface area contributed by atoms with Crippen LogP contribution in [0.4, 0.5) is 4.79 Å². The Bertz CT molecular complexity index is 414. The Kier molecular flexibility index (Phi) is 3.89. The summed E-state index contributed by atoms with van der Waals surface area (Å²) in [5.41, 5.74) is 5.69. The van der Waals surface area contributed by atoms with Gasteiger partial charge >= 0.3 is 6.03 Å². The van der Waals surface area contributed by atoms with Gasteiger partial charge in [0.15, 0.2) is 0 Å². The zero-order valence-corrected chi connectivity index (χ0v) is 13.9. The number of hydrogen-bond donors (Lipinski definition) is 2. The second-order valence-corrected chi connectivity index (χ2v) is 8.34. The zero-order chi connectivity index (χ0) is 15.2. The summed E-state index contributed by atoms with van der Waals surface area (Å²) in [7, 11) is 0. The van der Waals surface area contributed by atoms with Crippen molar-refractivity contribution in [1.82, 2.24) is 10.2 Å².